The van der Waals surface area contributed by atoms with E-state index in [2.05, 4.69) is 29.0 Å². The Kier molecular flexibility index (Phi) is 7.25. The number of carbonyl (C=O) groups is 1. The van der Waals surface area contributed by atoms with Crippen LogP contribution >= 0.6 is 0 Å². The highest BCUT2D eigenvalue weighted by molar-refractivity contribution is 5.94. The summed E-state index contributed by atoms with van der Waals surface area (Å²) in [4.78, 5) is 33.3. The predicted molar refractivity (Wildman–Crippen MR) is 150 cm³/mol. The molecule has 1 saturated heterocycles. The Balaban J connectivity index is 1.45. The number of rotatable bonds is 7. The van der Waals surface area contributed by atoms with Crippen LogP contribution in [0.5, 0.6) is 0 Å². The molecule has 0 saturated carbocycles. The molecule has 0 aliphatic carbocycles. The van der Waals surface area contributed by atoms with E-state index in [1.54, 1.807) is 27.4 Å². The normalized spacial score (nSPS) is 17.4. The molecule has 4 aromatic rings. The SMILES string of the molecule is Cc1cc(C(=O)NC2C[C@H](c3cccc(F)c3)N(c3ccc4ncc(C)n4n3)C2)c(=O)n(CCC(C)C)c1C. The van der Waals surface area contributed by atoms with Crippen molar-refractivity contribution in [2.75, 3.05) is 11.4 Å². The van der Waals surface area contributed by atoms with E-state index in [0.717, 1.165) is 34.6 Å². The van der Waals surface area contributed by atoms with E-state index in [0.29, 0.717) is 31.2 Å². The molecule has 1 aliphatic rings. The summed E-state index contributed by atoms with van der Waals surface area (Å²) in [5.74, 6) is 0.445. The first-order valence-electron chi connectivity index (χ1n) is 13.5. The zero-order valence-corrected chi connectivity index (χ0v) is 23.1. The second-order valence-electron chi connectivity index (χ2n) is 11.0. The van der Waals surface area contributed by atoms with Crippen LogP contribution in [0.15, 0.2) is 53.5 Å². The first-order valence-corrected chi connectivity index (χ1v) is 13.5. The van der Waals surface area contributed by atoms with Crippen molar-refractivity contribution in [1.82, 2.24) is 24.5 Å². The number of aromatic nitrogens is 4. The van der Waals surface area contributed by atoms with Crippen LogP contribution in [0.4, 0.5) is 10.2 Å². The van der Waals surface area contributed by atoms with Gasteiger partial charge in [-0.25, -0.2) is 13.9 Å². The standard InChI is InChI=1S/C30H35FN6O2/c1-18(2)11-12-35-21(5)19(3)13-25(30(35)39)29(38)33-24-15-26(22-7-6-8-23(31)14-22)36(17-24)28-10-9-27-32-16-20(4)37(27)34-28/h6-10,13-14,16,18,24,26H,11-12,15,17H2,1-5H3,(H,33,38)/t24?,26-/m1/s1. The molecule has 1 amide bonds. The number of benzene rings is 1. The van der Waals surface area contributed by atoms with E-state index < -0.39 is 0 Å². The lowest BCUT2D eigenvalue weighted by atomic mass is 10.0. The molecule has 1 fully saturated rings. The summed E-state index contributed by atoms with van der Waals surface area (Å²) in [6, 6.07) is 11.5. The van der Waals surface area contributed by atoms with Gasteiger partial charge in [-0.05, 0) is 81.0 Å². The van der Waals surface area contributed by atoms with Crippen molar-refractivity contribution in [2.24, 2.45) is 5.92 Å². The number of nitrogens with zero attached hydrogens (tertiary/aromatic N) is 5. The number of imidazole rings is 1. The van der Waals surface area contributed by atoms with Gasteiger partial charge in [0, 0.05) is 24.8 Å². The molecular weight excluding hydrogens is 495 g/mol. The summed E-state index contributed by atoms with van der Waals surface area (Å²) in [7, 11) is 0. The van der Waals surface area contributed by atoms with Crippen LogP contribution in [-0.2, 0) is 6.54 Å². The molecule has 8 nitrogen and oxygen atoms in total. The van der Waals surface area contributed by atoms with Gasteiger partial charge in [0.15, 0.2) is 5.65 Å². The van der Waals surface area contributed by atoms with Crippen molar-refractivity contribution >= 4 is 17.4 Å². The summed E-state index contributed by atoms with van der Waals surface area (Å²) in [6.07, 6.45) is 3.16. The minimum Gasteiger partial charge on any atom is -0.347 e. The van der Waals surface area contributed by atoms with Crippen molar-refractivity contribution in [2.45, 2.75) is 66.1 Å². The Morgan fingerprint density at radius 1 is 1.15 bits per heavy atom. The molecular formula is C30H35FN6O2. The van der Waals surface area contributed by atoms with Gasteiger partial charge in [-0.2, -0.15) is 0 Å². The van der Waals surface area contributed by atoms with Gasteiger partial charge in [0.1, 0.15) is 17.2 Å². The van der Waals surface area contributed by atoms with E-state index in [9.17, 15) is 14.0 Å². The third kappa shape index (κ3) is 5.30. The summed E-state index contributed by atoms with van der Waals surface area (Å²) >= 11 is 0. The number of fused-ring (bicyclic) bond motifs is 1. The fraction of sp³-hybridized carbons (Fsp3) is 0.400. The van der Waals surface area contributed by atoms with Gasteiger partial charge < -0.3 is 14.8 Å². The highest BCUT2D eigenvalue weighted by Crippen LogP contribution is 2.36. The van der Waals surface area contributed by atoms with Crippen LogP contribution in [0.25, 0.3) is 5.65 Å². The number of halogens is 1. The molecule has 39 heavy (non-hydrogen) atoms. The van der Waals surface area contributed by atoms with E-state index in [1.807, 2.05) is 39.0 Å². The molecule has 0 radical (unpaired) electrons. The summed E-state index contributed by atoms with van der Waals surface area (Å²) in [5, 5.41) is 7.89. The first kappa shape index (κ1) is 26.6. The second kappa shape index (κ2) is 10.6. The van der Waals surface area contributed by atoms with Crippen molar-refractivity contribution in [1.29, 1.82) is 0 Å². The third-order valence-corrected chi connectivity index (χ3v) is 7.67. The summed E-state index contributed by atoms with van der Waals surface area (Å²) in [6.45, 7) is 11.1. The van der Waals surface area contributed by atoms with E-state index in [-0.39, 0.29) is 34.9 Å². The fourth-order valence-electron chi connectivity index (χ4n) is 5.33. The maximum absolute atomic E-state index is 14.2. The van der Waals surface area contributed by atoms with Crippen LogP contribution in [0.1, 0.15) is 65.6 Å². The number of hydrogen-bond acceptors (Lipinski definition) is 5. The maximum Gasteiger partial charge on any atom is 0.263 e. The van der Waals surface area contributed by atoms with Gasteiger partial charge in [0.25, 0.3) is 11.5 Å². The molecule has 1 unspecified atom stereocenters. The van der Waals surface area contributed by atoms with Gasteiger partial charge in [0.2, 0.25) is 0 Å². The number of nitrogens with one attached hydrogen (secondary N) is 1. The Hall–Kier alpha value is -4.01. The quantitative estimate of drug-likeness (QED) is 0.373. The van der Waals surface area contributed by atoms with Crippen molar-refractivity contribution in [3.05, 3.63) is 92.9 Å². The molecule has 3 aromatic heterocycles. The van der Waals surface area contributed by atoms with E-state index >= 15 is 0 Å². The monoisotopic (exact) mass is 530 g/mol. The number of amides is 1. The minimum atomic E-state index is -0.389. The average Bonchev–Trinajstić information content (AvgIpc) is 3.49. The largest absolute Gasteiger partial charge is 0.347 e. The fourth-order valence-corrected chi connectivity index (χ4v) is 5.33. The molecule has 1 N–H and O–H groups in total. The smallest absolute Gasteiger partial charge is 0.263 e. The van der Waals surface area contributed by atoms with Crippen LogP contribution in [0.2, 0.25) is 0 Å². The minimum absolute atomic E-state index is 0.149. The predicted octanol–water partition coefficient (Wildman–Crippen LogP) is 4.75. The Morgan fingerprint density at radius 2 is 1.95 bits per heavy atom. The van der Waals surface area contributed by atoms with Crippen LogP contribution in [-0.4, -0.2) is 37.7 Å². The van der Waals surface area contributed by atoms with Gasteiger partial charge in [-0.1, -0.05) is 26.0 Å². The molecule has 4 heterocycles. The molecule has 1 aromatic carbocycles. The van der Waals surface area contributed by atoms with Gasteiger partial charge in [0.05, 0.1) is 17.9 Å². The number of anilines is 1. The Labute approximate surface area is 227 Å². The highest BCUT2D eigenvalue weighted by Gasteiger charge is 2.36. The summed E-state index contributed by atoms with van der Waals surface area (Å²) in [5.41, 5.74) is 4.12. The van der Waals surface area contributed by atoms with Gasteiger partial charge in [-0.15, -0.1) is 5.10 Å². The summed E-state index contributed by atoms with van der Waals surface area (Å²) < 4.78 is 17.7. The van der Waals surface area contributed by atoms with Gasteiger partial charge >= 0.3 is 0 Å². The van der Waals surface area contributed by atoms with Crippen LogP contribution < -0.4 is 15.8 Å². The van der Waals surface area contributed by atoms with Crippen LogP contribution in [0, 0.1) is 32.5 Å². The lowest BCUT2D eigenvalue weighted by molar-refractivity contribution is 0.0937. The van der Waals surface area contributed by atoms with Crippen molar-refractivity contribution < 1.29 is 9.18 Å². The zero-order valence-electron chi connectivity index (χ0n) is 23.1. The molecule has 2 atom stereocenters. The third-order valence-electron chi connectivity index (χ3n) is 7.67. The highest BCUT2D eigenvalue weighted by atomic mass is 19.1. The molecule has 0 spiro atoms. The molecule has 9 heteroatoms. The number of carbonyl (C=O) groups excluding carboxylic acids is 1. The molecule has 5 rings (SSSR count). The lowest BCUT2D eigenvalue weighted by Gasteiger charge is -2.26. The van der Waals surface area contributed by atoms with Crippen LogP contribution in [0.3, 0.4) is 0 Å². The van der Waals surface area contributed by atoms with Crippen molar-refractivity contribution in [3.63, 3.8) is 0 Å². The van der Waals surface area contributed by atoms with E-state index in [1.165, 1.54) is 12.1 Å². The Bertz CT molecular complexity index is 1590. The number of aryl methyl sites for hydroxylation is 2. The molecule has 0 bridgehead atoms. The number of pyridine rings is 1. The Morgan fingerprint density at radius 3 is 2.69 bits per heavy atom. The average molecular weight is 531 g/mol. The number of hydrogen-bond donors (Lipinski definition) is 1. The molecule has 204 valence electrons. The van der Waals surface area contributed by atoms with Gasteiger partial charge in [-0.3, -0.25) is 9.59 Å². The van der Waals surface area contributed by atoms with E-state index in [4.69, 9.17) is 5.10 Å². The van der Waals surface area contributed by atoms with Crippen molar-refractivity contribution in [3.8, 4) is 0 Å². The first-order chi connectivity index (χ1) is 18.6. The maximum atomic E-state index is 14.2. The molecule has 1 aliphatic heterocycles. The lowest BCUT2D eigenvalue weighted by Crippen LogP contribution is -2.41. The second-order valence-corrected chi connectivity index (χ2v) is 11.0. The zero-order chi connectivity index (χ0) is 27.8. The topological polar surface area (TPSA) is 84.5 Å².